The number of Topliss-reactive ketones (excluding diaryl/α,β-unsaturated/α-hetero) is 1. The van der Waals surface area contributed by atoms with Gasteiger partial charge in [0.05, 0.1) is 12.6 Å². The standard InChI is InChI=1S/C18H26N2O4/c1-17(2,3)24-16(22)20-10-13-7-5-12(6-8-13)9-14(19)15(21)18(4)11-23-18/h5-8,14H,9-11,19H2,1-4H3,(H,20,22)/t14-,18+/m0/s1. The van der Waals surface area contributed by atoms with E-state index in [1.807, 2.05) is 45.0 Å². The molecule has 0 aliphatic carbocycles. The number of hydrogen-bond acceptors (Lipinski definition) is 5. The van der Waals surface area contributed by atoms with Crippen LogP contribution in [0.4, 0.5) is 4.79 Å². The SMILES string of the molecule is CC(C)(C)OC(=O)NCc1ccc(C[C@H](N)C(=O)[C@@]2(C)CO2)cc1. The predicted octanol–water partition coefficient (Wildman–Crippen LogP) is 1.94. The molecule has 6 nitrogen and oxygen atoms in total. The summed E-state index contributed by atoms with van der Waals surface area (Å²) in [5.41, 5.74) is 6.69. The molecule has 3 N–H and O–H groups in total. The average molecular weight is 334 g/mol. The molecule has 1 aromatic rings. The Morgan fingerprint density at radius 1 is 1.29 bits per heavy atom. The van der Waals surface area contributed by atoms with Crippen molar-refractivity contribution in [1.29, 1.82) is 0 Å². The number of carbonyl (C=O) groups excluding carboxylic acids is 2. The summed E-state index contributed by atoms with van der Waals surface area (Å²) in [6.07, 6.45) is 0.0225. The van der Waals surface area contributed by atoms with Gasteiger partial charge in [-0.05, 0) is 45.2 Å². The van der Waals surface area contributed by atoms with Gasteiger partial charge in [-0.3, -0.25) is 4.79 Å². The topological polar surface area (TPSA) is 93.9 Å². The molecule has 1 fully saturated rings. The van der Waals surface area contributed by atoms with Crippen LogP contribution in [0.15, 0.2) is 24.3 Å². The molecule has 1 aromatic carbocycles. The number of alkyl carbamates (subject to hydrolysis) is 1. The summed E-state index contributed by atoms with van der Waals surface area (Å²) in [7, 11) is 0. The summed E-state index contributed by atoms with van der Waals surface area (Å²) in [5.74, 6) is -0.0573. The van der Waals surface area contributed by atoms with Crippen LogP contribution < -0.4 is 11.1 Å². The van der Waals surface area contributed by atoms with E-state index in [0.717, 1.165) is 11.1 Å². The van der Waals surface area contributed by atoms with Crippen LogP contribution in [0.1, 0.15) is 38.8 Å². The van der Waals surface area contributed by atoms with Gasteiger partial charge in [0.1, 0.15) is 11.2 Å². The average Bonchev–Trinajstić information content (AvgIpc) is 3.23. The summed E-state index contributed by atoms with van der Waals surface area (Å²) in [6, 6.07) is 7.06. The number of benzene rings is 1. The first-order valence-electron chi connectivity index (χ1n) is 8.08. The molecular weight excluding hydrogens is 308 g/mol. The number of rotatable bonds is 6. The molecule has 0 unspecified atom stereocenters. The van der Waals surface area contributed by atoms with E-state index in [9.17, 15) is 9.59 Å². The zero-order chi connectivity index (χ0) is 18.0. The number of carbonyl (C=O) groups is 2. The van der Waals surface area contributed by atoms with Crippen molar-refractivity contribution in [1.82, 2.24) is 5.32 Å². The Hall–Kier alpha value is -1.92. The van der Waals surface area contributed by atoms with Gasteiger partial charge in [0, 0.05) is 6.54 Å². The Kier molecular flexibility index (Phi) is 5.30. The molecule has 1 saturated heterocycles. The highest BCUT2D eigenvalue weighted by Gasteiger charge is 2.48. The van der Waals surface area contributed by atoms with Crippen molar-refractivity contribution in [3.8, 4) is 0 Å². The summed E-state index contributed by atoms with van der Waals surface area (Å²) < 4.78 is 10.3. The fourth-order valence-corrected chi connectivity index (χ4v) is 2.27. The van der Waals surface area contributed by atoms with Crippen LogP contribution in [0.3, 0.4) is 0 Å². The van der Waals surface area contributed by atoms with E-state index < -0.39 is 23.3 Å². The molecule has 0 bridgehead atoms. The summed E-state index contributed by atoms with van der Waals surface area (Å²) in [5, 5.41) is 2.71. The molecule has 6 heteroatoms. The van der Waals surface area contributed by atoms with Gasteiger partial charge in [-0.25, -0.2) is 4.79 Å². The molecule has 0 saturated carbocycles. The minimum atomic E-state index is -0.684. The van der Waals surface area contributed by atoms with Gasteiger partial charge in [0.2, 0.25) is 0 Å². The third kappa shape index (κ3) is 5.32. The van der Waals surface area contributed by atoms with E-state index in [4.69, 9.17) is 15.2 Å². The Bertz CT molecular complexity index is 600. The van der Waals surface area contributed by atoms with Gasteiger partial charge < -0.3 is 20.5 Å². The Labute approximate surface area is 142 Å². The molecule has 0 radical (unpaired) electrons. The maximum Gasteiger partial charge on any atom is 0.407 e. The van der Waals surface area contributed by atoms with Crippen LogP contribution in [0.25, 0.3) is 0 Å². The van der Waals surface area contributed by atoms with Crippen LogP contribution in [0, 0.1) is 0 Å². The molecule has 2 rings (SSSR count). The maximum absolute atomic E-state index is 12.1. The second-order valence-electron chi connectivity index (χ2n) is 7.37. The van der Waals surface area contributed by atoms with Gasteiger partial charge in [0.15, 0.2) is 5.78 Å². The summed E-state index contributed by atoms with van der Waals surface area (Å²) >= 11 is 0. The van der Waals surface area contributed by atoms with E-state index in [2.05, 4.69) is 5.32 Å². The smallest absolute Gasteiger partial charge is 0.407 e. The molecule has 24 heavy (non-hydrogen) atoms. The lowest BCUT2D eigenvalue weighted by atomic mass is 9.95. The minimum absolute atomic E-state index is 0.0573. The van der Waals surface area contributed by atoms with E-state index in [0.29, 0.717) is 19.6 Å². The molecule has 2 atom stereocenters. The number of nitrogens with two attached hydrogens (primary N) is 1. The van der Waals surface area contributed by atoms with Crippen molar-refractivity contribution < 1.29 is 19.1 Å². The van der Waals surface area contributed by atoms with Crippen LogP contribution in [-0.2, 0) is 27.2 Å². The van der Waals surface area contributed by atoms with Crippen molar-refractivity contribution in [3.05, 3.63) is 35.4 Å². The zero-order valence-electron chi connectivity index (χ0n) is 14.7. The highest BCUT2D eigenvalue weighted by Crippen LogP contribution is 2.28. The molecule has 1 aliphatic rings. The maximum atomic E-state index is 12.1. The molecule has 1 amide bonds. The normalized spacial score (nSPS) is 21.0. The third-order valence-electron chi connectivity index (χ3n) is 3.75. The number of epoxide rings is 1. The van der Waals surface area contributed by atoms with Gasteiger partial charge >= 0.3 is 6.09 Å². The lowest BCUT2D eigenvalue weighted by molar-refractivity contribution is -0.124. The van der Waals surface area contributed by atoms with E-state index in [1.54, 1.807) is 6.92 Å². The number of hydrogen-bond donors (Lipinski definition) is 2. The second-order valence-corrected chi connectivity index (χ2v) is 7.37. The molecule has 1 heterocycles. The van der Waals surface area contributed by atoms with E-state index >= 15 is 0 Å². The summed E-state index contributed by atoms with van der Waals surface area (Å²) in [6.45, 7) is 8.05. The van der Waals surface area contributed by atoms with Crippen molar-refractivity contribution >= 4 is 11.9 Å². The fourth-order valence-electron chi connectivity index (χ4n) is 2.27. The van der Waals surface area contributed by atoms with Crippen LogP contribution in [0.5, 0.6) is 0 Å². The quantitative estimate of drug-likeness (QED) is 0.775. The Morgan fingerprint density at radius 3 is 2.33 bits per heavy atom. The van der Waals surface area contributed by atoms with Crippen LogP contribution >= 0.6 is 0 Å². The van der Waals surface area contributed by atoms with Gasteiger partial charge in [-0.15, -0.1) is 0 Å². The Balaban J connectivity index is 1.82. The second kappa shape index (κ2) is 6.91. The first kappa shape index (κ1) is 18.4. The van der Waals surface area contributed by atoms with Crippen molar-refractivity contribution in [2.75, 3.05) is 6.61 Å². The molecule has 0 spiro atoms. The van der Waals surface area contributed by atoms with Crippen molar-refractivity contribution in [2.45, 2.75) is 57.9 Å². The number of nitrogens with one attached hydrogen (secondary N) is 1. The largest absolute Gasteiger partial charge is 0.444 e. The van der Waals surface area contributed by atoms with Gasteiger partial charge in [-0.2, -0.15) is 0 Å². The highest BCUT2D eigenvalue weighted by molar-refractivity contribution is 5.93. The molecular formula is C18H26N2O4. The monoisotopic (exact) mass is 334 g/mol. The molecule has 132 valence electrons. The lowest BCUT2D eigenvalue weighted by Crippen LogP contribution is -2.40. The van der Waals surface area contributed by atoms with E-state index in [1.165, 1.54) is 0 Å². The lowest BCUT2D eigenvalue weighted by Gasteiger charge is -2.19. The molecule has 0 aromatic heterocycles. The third-order valence-corrected chi connectivity index (χ3v) is 3.75. The van der Waals surface area contributed by atoms with Crippen LogP contribution in [-0.4, -0.2) is 35.7 Å². The van der Waals surface area contributed by atoms with Gasteiger partial charge in [-0.1, -0.05) is 24.3 Å². The zero-order valence-corrected chi connectivity index (χ0v) is 14.7. The highest BCUT2D eigenvalue weighted by atomic mass is 16.6. The number of amides is 1. The van der Waals surface area contributed by atoms with Gasteiger partial charge in [0.25, 0.3) is 0 Å². The fraction of sp³-hybridized carbons (Fsp3) is 0.556. The van der Waals surface area contributed by atoms with E-state index in [-0.39, 0.29) is 5.78 Å². The van der Waals surface area contributed by atoms with Crippen molar-refractivity contribution in [2.24, 2.45) is 5.73 Å². The number of ketones is 1. The first-order chi connectivity index (χ1) is 11.1. The number of ether oxygens (including phenoxy) is 2. The minimum Gasteiger partial charge on any atom is -0.444 e. The van der Waals surface area contributed by atoms with Crippen LogP contribution in [0.2, 0.25) is 0 Å². The summed E-state index contributed by atoms with van der Waals surface area (Å²) in [4.78, 5) is 23.7. The first-order valence-corrected chi connectivity index (χ1v) is 8.08. The Morgan fingerprint density at radius 2 is 1.83 bits per heavy atom. The molecule has 1 aliphatic heterocycles. The van der Waals surface area contributed by atoms with Crippen molar-refractivity contribution in [3.63, 3.8) is 0 Å². The predicted molar refractivity (Wildman–Crippen MR) is 90.6 cm³/mol.